The number of rotatable bonds is 3. The number of nitro groups is 1. The average Bonchev–Trinajstić information content (AvgIpc) is 2.39. The van der Waals surface area contributed by atoms with Crippen LogP contribution >= 0.6 is 0 Å². The Morgan fingerprint density at radius 2 is 2.11 bits per heavy atom. The summed E-state index contributed by atoms with van der Waals surface area (Å²) in [5, 5.41) is 20.7. The third-order valence-corrected chi connectivity index (χ3v) is 3.23. The van der Waals surface area contributed by atoms with Crippen LogP contribution in [0.5, 0.6) is 0 Å². The van der Waals surface area contributed by atoms with Gasteiger partial charge in [-0.2, -0.15) is 0 Å². The van der Waals surface area contributed by atoms with Crippen molar-refractivity contribution in [3.63, 3.8) is 0 Å². The number of nitrogens with zero attached hydrogens (tertiary/aromatic N) is 2. The third-order valence-electron chi connectivity index (χ3n) is 3.23. The van der Waals surface area contributed by atoms with Crippen LogP contribution in [0.2, 0.25) is 6.82 Å². The summed E-state index contributed by atoms with van der Waals surface area (Å²) >= 11 is 0. The van der Waals surface area contributed by atoms with E-state index in [2.05, 4.69) is 0 Å². The maximum Gasteiger partial charge on any atom is 0.409 e. The monoisotopic (exact) mass is 246 g/mol. The molecule has 6 heteroatoms. The van der Waals surface area contributed by atoms with Crippen LogP contribution in [-0.4, -0.2) is 34.4 Å². The lowest BCUT2D eigenvalue weighted by Crippen LogP contribution is -2.46. The van der Waals surface area contributed by atoms with Gasteiger partial charge in [0.25, 0.3) is 0 Å². The van der Waals surface area contributed by atoms with Crippen LogP contribution in [0.4, 0.5) is 0 Å². The van der Waals surface area contributed by atoms with Crippen molar-refractivity contribution >= 4 is 7.05 Å². The Morgan fingerprint density at radius 3 is 2.67 bits per heavy atom. The molecule has 1 aliphatic heterocycles. The van der Waals surface area contributed by atoms with Gasteiger partial charge in [0.15, 0.2) is 0 Å². The maximum atomic E-state index is 11.2. The van der Waals surface area contributed by atoms with Gasteiger partial charge < -0.3 is 9.83 Å². The van der Waals surface area contributed by atoms with E-state index in [9.17, 15) is 15.1 Å². The van der Waals surface area contributed by atoms with Crippen LogP contribution in [0.1, 0.15) is 11.5 Å². The van der Waals surface area contributed by atoms with Crippen LogP contribution in [-0.2, 0) is 0 Å². The molecule has 0 aliphatic carbocycles. The van der Waals surface area contributed by atoms with Gasteiger partial charge in [-0.3, -0.25) is 10.1 Å². The SMILES string of the molecule is CB(O)N1C=C[C@H](c2ccccc2)[C@@H]([N+](=O)[O-])C1. The predicted octanol–water partition coefficient (Wildman–Crippen LogP) is 1.36. The molecule has 1 aliphatic rings. The van der Waals surface area contributed by atoms with E-state index in [1.165, 1.54) is 0 Å². The van der Waals surface area contributed by atoms with Crippen molar-refractivity contribution in [1.29, 1.82) is 0 Å². The van der Waals surface area contributed by atoms with Crippen LogP contribution in [0.3, 0.4) is 0 Å². The van der Waals surface area contributed by atoms with Gasteiger partial charge in [-0.1, -0.05) is 36.4 Å². The minimum absolute atomic E-state index is 0.223. The van der Waals surface area contributed by atoms with E-state index in [-0.39, 0.29) is 17.4 Å². The van der Waals surface area contributed by atoms with Crippen molar-refractivity contribution in [3.05, 3.63) is 58.3 Å². The highest BCUT2D eigenvalue weighted by Crippen LogP contribution is 2.27. The Balaban J connectivity index is 2.29. The molecule has 1 aromatic carbocycles. The molecule has 5 nitrogen and oxygen atoms in total. The quantitative estimate of drug-likeness (QED) is 0.496. The van der Waals surface area contributed by atoms with Gasteiger partial charge in [0.1, 0.15) is 0 Å². The van der Waals surface area contributed by atoms with E-state index in [1.54, 1.807) is 23.9 Å². The summed E-state index contributed by atoms with van der Waals surface area (Å²) in [6.07, 6.45) is 3.53. The molecule has 0 spiro atoms. The molecule has 0 amide bonds. The number of hydrogen-bond acceptors (Lipinski definition) is 4. The van der Waals surface area contributed by atoms with Crippen molar-refractivity contribution < 1.29 is 9.95 Å². The van der Waals surface area contributed by atoms with Gasteiger partial charge in [0.2, 0.25) is 6.04 Å². The second-order valence-corrected chi connectivity index (χ2v) is 4.46. The molecule has 0 saturated carbocycles. The fraction of sp³-hybridized carbons (Fsp3) is 0.333. The lowest BCUT2D eigenvalue weighted by Gasteiger charge is -2.31. The van der Waals surface area contributed by atoms with E-state index in [0.29, 0.717) is 0 Å². The fourth-order valence-corrected chi connectivity index (χ4v) is 2.21. The normalized spacial score (nSPS) is 22.9. The smallest absolute Gasteiger partial charge is 0.409 e. The zero-order valence-corrected chi connectivity index (χ0v) is 10.1. The molecular weight excluding hydrogens is 231 g/mol. The molecule has 1 N–H and O–H groups in total. The van der Waals surface area contributed by atoms with E-state index in [1.807, 2.05) is 30.3 Å². The maximum absolute atomic E-state index is 11.2. The highest BCUT2D eigenvalue weighted by molar-refractivity contribution is 6.45. The summed E-state index contributed by atoms with van der Waals surface area (Å²) in [6.45, 7) is 1.82. The average molecular weight is 246 g/mol. The minimum atomic E-state index is -0.730. The Labute approximate surface area is 106 Å². The highest BCUT2D eigenvalue weighted by Gasteiger charge is 2.36. The van der Waals surface area contributed by atoms with Crippen molar-refractivity contribution in [2.24, 2.45) is 0 Å². The Bertz CT molecular complexity index is 450. The van der Waals surface area contributed by atoms with Gasteiger partial charge >= 0.3 is 7.05 Å². The van der Waals surface area contributed by atoms with Crippen LogP contribution in [0, 0.1) is 10.1 Å². The molecule has 0 aromatic heterocycles. The Hall–Kier alpha value is -1.82. The van der Waals surface area contributed by atoms with Crippen molar-refractivity contribution in [1.82, 2.24) is 4.81 Å². The number of benzene rings is 1. The van der Waals surface area contributed by atoms with E-state index < -0.39 is 13.1 Å². The zero-order chi connectivity index (χ0) is 13.1. The lowest BCUT2D eigenvalue weighted by atomic mass is 9.80. The van der Waals surface area contributed by atoms with Crippen LogP contribution in [0.15, 0.2) is 42.6 Å². The second kappa shape index (κ2) is 5.22. The van der Waals surface area contributed by atoms with Crippen LogP contribution < -0.4 is 0 Å². The van der Waals surface area contributed by atoms with Crippen molar-refractivity contribution in [2.45, 2.75) is 18.8 Å². The molecule has 1 heterocycles. The summed E-state index contributed by atoms with van der Waals surface area (Å²) < 4.78 is 0. The second-order valence-electron chi connectivity index (χ2n) is 4.46. The third kappa shape index (κ3) is 2.54. The zero-order valence-electron chi connectivity index (χ0n) is 10.1. The summed E-state index contributed by atoms with van der Waals surface area (Å²) in [4.78, 5) is 12.5. The number of hydrogen-bond donors (Lipinski definition) is 1. The van der Waals surface area contributed by atoms with Gasteiger partial charge in [0.05, 0.1) is 12.5 Å². The molecule has 0 fully saturated rings. The predicted molar refractivity (Wildman–Crippen MR) is 69.6 cm³/mol. The molecule has 0 bridgehead atoms. The van der Waals surface area contributed by atoms with E-state index in [0.717, 1.165) is 5.56 Å². The lowest BCUT2D eigenvalue weighted by molar-refractivity contribution is -0.525. The first-order valence-electron chi connectivity index (χ1n) is 5.90. The molecule has 94 valence electrons. The van der Waals surface area contributed by atoms with E-state index >= 15 is 0 Å². The summed E-state index contributed by atoms with van der Waals surface area (Å²) in [6, 6.07) is 8.70. The first-order valence-corrected chi connectivity index (χ1v) is 5.90. The largest absolute Gasteiger partial charge is 0.432 e. The molecule has 2 rings (SSSR count). The van der Waals surface area contributed by atoms with Gasteiger partial charge in [-0.15, -0.1) is 0 Å². The molecular formula is C12H15BN2O3. The Kier molecular flexibility index (Phi) is 3.67. The topological polar surface area (TPSA) is 66.6 Å². The van der Waals surface area contributed by atoms with Gasteiger partial charge in [-0.25, -0.2) is 0 Å². The molecule has 0 radical (unpaired) electrons. The summed E-state index contributed by atoms with van der Waals surface area (Å²) in [7, 11) is -0.708. The standard InChI is InChI=1S/C12H15BN2O3/c1-13(16)14-8-7-11(12(9-14)15(17)18)10-5-3-2-4-6-10/h2-8,11-12,16H,9H2,1H3/t11-,12+/m1/s1. The molecule has 0 saturated heterocycles. The summed E-state index contributed by atoms with van der Waals surface area (Å²) in [5.74, 6) is -0.240. The van der Waals surface area contributed by atoms with Gasteiger partial charge in [0, 0.05) is 4.92 Å². The van der Waals surface area contributed by atoms with Crippen LogP contribution in [0.25, 0.3) is 0 Å². The minimum Gasteiger partial charge on any atom is -0.432 e. The first kappa shape index (κ1) is 12.6. The van der Waals surface area contributed by atoms with Crippen molar-refractivity contribution in [2.75, 3.05) is 6.54 Å². The molecule has 18 heavy (non-hydrogen) atoms. The van der Waals surface area contributed by atoms with Gasteiger partial charge in [-0.05, 0) is 18.6 Å². The highest BCUT2D eigenvalue weighted by atomic mass is 16.6. The Morgan fingerprint density at radius 1 is 1.44 bits per heavy atom. The van der Waals surface area contributed by atoms with Crippen molar-refractivity contribution in [3.8, 4) is 0 Å². The summed E-state index contributed by atoms with van der Waals surface area (Å²) in [5.41, 5.74) is 0.931. The molecule has 1 aromatic rings. The van der Waals surface area contributed by atoms with E-state index in [4.69, 9.17) is 0 Å². The first-order chi connectivity index (χ1) is 8.59. The fourth-order valence-electron chi connectivity index (χ4n) is 2.21. The molecule has 0 unspecified atom stereocenters. The molecule has 2 atom stereocenters.